The molecule has 0 spiro atoms. The largest absolute Gasteiger partial charge is 0.349 e. The number of aromatic nitrogens is 2. The van der Waals surface area contributed by atoms with E-state index in [0.717, 1.165) is 0 Å². The first kappa shape index (κ1) is 14.0. The Labute approximate surface area is 115 Å². The minimum atomic E-state index is -0.454. The Kier molecular flexibility index (Phi) is 3.97. The third-order valence-electron chi connectivity index (χ3n) is 2.77. The molecule has 0 fully saturated rings. The van der Waals surface area contributed by atoms with Crippen molar-refractivity contribution >= 4 is 22.6 Å². The highest BCUT2D eigenvalue weighted by molar-refractivity contribution is 5.78. The molecule has 7 heteroatoms. The second kappa shape index (κ2) is 5.68. The first-order chi connectivity index (χ1) is 9.45. The molecule has 0 aliphatic carbocycles. The number of nitrogens with zero attached hydrogens (tertiary/aromatic N) is 2. The van der Waals surface area contributed by atoms with Gasteiger partial charge >= 0.3 is 0 Å². The van der Waals surface area contributed by atoms with Crippen LogP contribution in [0.1, 0.15) is 26.1 Å². The van der Waals surface area contributed by atoms with Crippen molar-refractivity contribution in [1.29, 1.82) is 0 Å². The van der Waals surface area contributed by atoms with E-state index in [4.69, 9.17) is 0 Å². The minimum Gasteiger partial charge on any atom is -0.349 e. The quantitative estimate of drug-likeness (QED) is 0.645. The number of carbonyl (C=O) groups excluding carboxylic acids is 1. The summed E-state index contributed by atoms with van der Waals surface area (Å²) in [5.74, 6) is 0.845. The van der Waals surface area contributed by atoms with Gasteiger partial charge in [0.25, 0.3) is 5.69 Å². The van der Waals surface area contributed by atoms with E-state index in [1.165, 1.54) is 12.1 Å². The molecule has 0 aliphatic heterocycles. The standard InChI is InChI=1S/C13H16N4O3/c1-8(2)5-13(18)14-7-12-15-10-4-3-9(17(19)20)6-11(10)16-12/h3-4,6,8H,5,7H2,1-2H3,(H,14,18)(H,15,16). The van der Waals surface area contributed by atoms with Gasteiger partial charge in [0.15, 0.2) is 0 Å². The number of non-ortho nitro benzene ring substituents is 1. The number of carbonyl (C=O) groups is 1. The molecule has 2 rings (SSSR count). The van der Waals surface area contributed by atoms with Crippen molar-refractivity contribution < 1.29 is 9.72 Å². The topological polar surface area (TPSA) is 101 Å². The second-order valence-corrected chi connectivity index (χ2v) is 5.02. The maximum Gasteiger partial charge on any atom is 0.271 e. The smallest absolute Gasteiger partial charge is 0.271 e. The number of fused-ring (bicyclic) bond motifs is 1. The van der Waals surface area contributed by atoms with Gasteiger partial charge in [-0.3, -0.25) is 14.9 Å². The van der Waals surface area contributed by atoms with E-state index in [2.05, 4.69) is 15.3 Å². The first-order valence-electron chi connectivity index (χ1n) is 6.35. The minimum absolute atomic E-state index is 0.0107. The average molecular weight is 276 g/mol. The van der Waals surface area contributed by atoms with Crippen LogP contribution in [-0.2, 0) is 11.3 Å². The molecule has 2 N–H and O–H groups in total. The predicted molar refractivity (Wildman–Crippen MR) is 74.0 cm³/mol. The van der Waals surface area contributed by atoms with Crippen LogP contribution in [0.2, 0.25) is 0 Å². The second-order valence-electron chi connectivity index (χ2n) is 5.02. The van der Waals surface area contributed by atoms with Crippen LogP contribution in [0.25, 0.3) is 11.0 Å². The maximum atomic E-state index is 11.5. The number of imidazole rings is 1. The van der Waals surface area contributed by atoms with E-state index in [9.17, 15) is 14.9 Å². The number of nitrogens with one attached hydrogen (secondary N) is 2. The van der Waals surface area contributed by atoms with Gasteiger partial charge in [0.05, 0.1) is 22.5 Å². The van der Waals surface area contributed by atoms with Gasteiger partial charge in [-0.25, -0.2) is 4.98 Å². The number of nitro groups is 1. The van der Waals surface area contributed by atoms with E-state index in [1.807, 2.05) is 13.8 Å². The van der Waals surface area contributed by atoms with Gasteiger partial charge < -0.3 is 10.3 Å². The Bertz CT molecular complexity index is 648. The van der Waals surface area contributed by atoms with Crippen LogP contribution in [0.5, 0.6) is 0 Å². The lowest BCUT2D eigenvalue weighted by molar-refractivity contribution is -0.384. The zero-order valence-corrected chi connectivity index (χ0v) is 11.3. The molecule has 1 heterocycles. The van der Waals surface area contributed by atoms with Gasteiger partial charge in [-0.15, -0.1) is 0 Å². The van der Waals surface area contributed by atoms with Gasteiger partial charge in [-0.05, 0) is 12.0 Å². The number of nitro benzene ring substituents is 1. The lowest BCUT2D eigenvalue weighted by Gasteiger charge is -2.04. The number of amides is 1. The van der Waals surface area contributed by atoms with E-state index in [-0.39, 0.29) is 18.1 Å². The Morgan fingerprint density at radius 3 is 2.90 bits per heavy atom. The molecule has 20 heavy (non-hydrogen) atoms. The molecule has 106 valence electrons. The number of hydrogen-bond acceptors (Lipinski definition) is 4. The predicted octanol–water partition coefficient (Wildman–Crippen LogP) is 2.13. The van der Waals surface area contributed by atoms with Crippen LogP contribution in [0.4, 0.5) is 5.69 Å². The summed E-state index contributed by atoms with van der Waals surface area (Å²) in [4.78, 5) is 29.0. The van der Waals surface area contributed by atoms with Crippen molar-refractivity contribution in [3.05, 3.63) is 34.1 Å². The molecular weight excluding hydrogens is 260 g/mol. The summed E-state index contributed by atoms with van der Waals surface area (Å²) in [5.41, 5.74) is 1.24. The molecule has 7 nitrogen and oxygen atoms in total. The summed E-state index contributed by atoms with van der Waals surface area (Å²) >= 11 is 0. The molecule has 0 unspecified atom stereocenters. The van der Waals surface area contributed by atoms with Crippen LogP contribution in [0.15, 0.2) is 18.2 Å². The van der Waals surface area contributed by atoms with Gasteiger partial charge in [0.1, 0.15) is 5.82 Å². The summed E-state index contributed by atoms with van der Waals surface area (Å²) in [6, 6.07) is 4.43. The molecule has 0 saturated carbocycles. The summed E-state index contributed by atoms with van der Waals surface area (Å²) in [6.45, 7) is 4.23. The summed E-state index contributed by atoms with van der Waals surface area (Å²) in [6.07, 6.45) is 0.464. The molecular formula is C13H16N4O3. The fraction of sp³-hybridized carbons (Fsp3) is 0.385. The van der Waals surface area contributed by atoms with Crippen molar-refractivity contribution in [3.8, 4) is 0 Å². The van der Waals surface area contributed by atoms with E-state index in [0.29, 0.717) is 29.2 Å². The fourth-order valence-corrected chi connectivity index (χ4v) is 1.87. The normalized spacial score (nSPS) is 10.9. The van der Waals surface area contributed by atoms with E-state index in [1.54, 1.807) is 6.07 Å². The fourth-order valence-electron chi connectivity index (χ4n) is 1.87. The zero-order valence-electron chi connectivity index (χ0n) is 11.3. The lowest BCUT2D eigenvalue weighted by atomic mass is 10.1. The molecule has 0 saturated heterocycles. The molecule has 0 bridgehead atoms. The highest BCUT2D eigenvalue weighted by atomic mass is 16.6. The van der Waals surface area contributed by atoms with Crippen molar-refractivity contribution in [1.82, 2.24) is 15.3 Å². The highest BCUT2D eigenvalue weighted by Crippen LogP contribution is 2.18. The van der Waals surface area contributed by atoms with Crippen LogP contribution in [0.3, 0.4) is 0 Å². The maximum absolute atomic E-state index is 11.5. The van der Waals surface area contributed by atoms with Crippen LogP contribution < -0.4 is 5.32 Å². The molecule has 0 atom stereocenters. The monoisotopic (exact) mass is 276 g/mol. The molecule has 1 amide bonds. The molecule has 2 aromatic rings. The van der Waals surface area contributed by atoms with Crippen LogP contribution in [-0.4, -0.2) is 20.8 Å². The van der Waals surface area contributed by atoms with Crippen molar-refractivity contribution in [2.75, 3.05) is 0 Å². The van der Waals surface area contributed by atoms with Gasteiger partial charge in [-0.1, -0.05) is 13.8 Å². The van der Waals surface area contributed by atoms with Gasteiger partial charge in [0, 0.05) is 18.6 Å². The Balaban J connectivity index is 2.08. The zero-order chi connectivity index (χ0) is 14.7. The van der Waals surface area contributed by atoms with Crippen molar-refractivity contribution in [2.45, 2.75) is 26.8 Å². The highest BCUT2D eigenvalue weighted by Gasteiger charge is 2.10. The summed E-state index contributed by atoms with van der Waals surface area (Å²) in [5, 5.41) is 13.4. The molecule has 0 radical (unpaired) electrons. The summed E-state index contributed by atoms with van der Waals surface area (Å²) in [7, 11) is 0. The Hall–Kier alpha value is -2.44. The van der Waals surface area contributed by atoms with E-state index < -0.39 is 4.92 Å². The average Bonchev–Trinajstić information content (AvgIpc) is 2.77. The molecule has 1 aromatic heterocycles. The molecule has 1 aromatic carbocycles. The number of rotatable bonds is 5. The lowest BCUT2D eigenvalue weighted by Crippen LogP contribution is -2.24. The van der Waals surface area contributed by atoms with Gasteiger partial charge in [-0.2, -0.15) is 0 Å². The first-order valence-corrected chi connectivity index (χ1v) is 6.35. The number of H-pyrrole nitrogens is 1. The third-order valence-corrected chi connectivity index (χ3v) is 2.77. The Morgan fingerprint density at radius 2 is 2.25 bits per heavy atom. The van der Waals surface area contributed by atoms with Crippen molar-refractivity contribution in [2.24, 2.45) is 5.92 Å². The Morgan fingerprint density at radius 1 is 1.50 bits per heavy atom. The number of aromatic amines is 1. The SMILES string of the molecule is CC(C)CC(=O)NCc1nc2ccc([N+](=O)[O-])cc2[nH]1. The number of hydrogen-bond donors (Lipinski definition) is 2. The number of benzene rings is 1. The van der Waals surface area contributed by atoms with Crippen molar-refractivity contribution in [3.63, 3.8) is 0 Å². The van der Waals surface area contributed by atoms with Crippen LogP contribution >= 0.6 is 0 Å². The third kappa shape index (κ3) is 3.31. The van der Waals surface area contributed by atoms with Crippen LogP contribution in [0, 0.1) is 16.0 Å². The molecule has 0 aliphatic rings. The van der Waals surface area contributed by atoms with E-state index >= 15 is 0 Å². The van der Waals surface area contributed by atoms with Gasteiger partial charge in [0.2, 0.25) is 5.91 Å². The summed E-state index contributed by atoms with van der Waals surface area (Å²) < 4.78 is 0.